The first kappa shape index (κ1) is 21.5. The molecule has 0 saturated heterocycles. The summed E-state index contributed by atoms with van der Waals surface area (Å²) in [5, 5.41) is 13.8. The second kappa shape index (κ2) is 8.22. The van der Waals surface area contributed by atoms with Crippen LogP contribution in [0.15, 0.2) is 12.1 Å². The first-order valence-corrected chi connectivity index (χ1v) is 9.13. The normalized spacial score (nSPS) is 12.3. The van der Waals surface area contributed by atoms with Crippen molar-refractivity contribution in [3.8, 4) is 5.75 Å². The van der Waals surface area contributed by atoms with E-state index in [0.29, 0.717) is 25.1 Å². The van der Waals surface area contributed by atoms with Gasteiger partial charge >= 0.3 is 0 Å². The van der Waals surface area contributed by atoms with Crippen molar-refractivity contribution in [1.29, 1.82) is 0 Å². The summed E-state index contributed by atoms with van der Waals surface area (Å²) in [5.41, 5.74) is 2.86. The Kier molecular flexibility index (Phi) is 7.07. The molecule has 142 valence electrons. The van der Waals surface area contributed by atoms with Gasteiger partial charge in [0.25, 0.3) is 0 Å². The quantitative estimate of drug-likeness (QED) is 0.826. The Balaban J connectivity index is 3.08. The predicted molar refractivity (Wildman–Crippen MR) is 105 cm³/mol. The summed E-state index contributed by atoms with van der Waals surface area (Å²) < 4.78 is 0. The minimum Gasteiger partial charge on any atom is -0.507 e. The van der Waals surface area contributed by atoms with Crippen molar-refractivity contribution in [1.82, 2.24) is 10.2 Å². The van der Waals surface area contributed by atoms with Gasteiger partial charge in [0, 0.05) is 26.6 Å². The summed E-state index contributed by atoms with van der Waals surface area (Å²) in [7, 11) is 3.70. The molecule has 2 N–H and O–H groups in total. The number of amides is 1. The van der Waals surface area contributed by atoms with Gasteiger partial charge in [0.2, 0.25) is 5.91 Å². The molecule has 0 unspecified atom stereocenters. The maximum Gasteiger partial charge on any atom is 0.222 e. The molecule has 0 saturated carbocycles. The smallest absolute Gasteiger partial charge is 0.222 e. The van der Waals surface area contributed by atoms with Gasteiger partial charge in [-0.05, 0) is 41.0 Å². The number of hydrogen-bond donors (Lipinski definition) is 2. The number of aryl methyl sites for hydroxylation is 1. The van der Waals surface area contributed by atoms with Crippen LogP contribution in [0.2, 0.25) is 0 Å². The highest BCUT2D eigenvalue weighted by atomic mass is 16.3. The molecule has 1 aromatic rings. The average Bonchev–Trinajstić information content (AvgIpc) is 2.48. The number of benzene rings is 1. The van der Waals surface area contributed by atoms with Crippen LogP contribution in [-0.4, -0.2) is 43.1 Å². The summed E-state index contributed by atoms with van der Waals surface area (Å²) in [4.78, 5) is 14.1. The van der Waals surface area contributed by atoms with Crippen molar-refractivity contribution in [2.24, 2.45) is 0 Å². The molecule has 0 bridgehead atoms. The van der Waals surface area contributed by atoms with E-state index >= 15 is 0 Å². The van der Waals surface area contributed by atoms with Crippen LogP contribution < -0.4 is 5.32 Å². The summed E-state index contributed by atoms with van der Waals surface area (Å²) in [5.74, 6) is 0.444. The first-order chi connectivity index (χ1) is 11.4. The lowest BCUT2D eigenvalue weighted by molar-refractivity contribution is -0.129. The highest BCUT2D eigenvalue weighted by molar-refractivity contribution is 5.76. The standard InChI is InChI=1S/C21H36N2O2/c1-20(2,3)16-13-15(19(25)17(14-16)21(4,5)6)9-10-18(24)23(8)12-11-22-7/h13-14,22,25H,9-12H2,1-8H3. The minimum atomic E-state index is -0.145. The van der Waals surface area contributed by atoms with Gasteiger partial charge in [-0.2, -0.15) is 0 Å². The highest BCUT2D eigenvalue weighted by Crippen LogP contribution is 2.38. The topological polar surface area (TPSA) is 52.6 Å². The zero-order valence-corrected chi connectivity index (χ0v) is 17.3. The summed E-state index contributed by atoms with van der Waals surface area (Å²) in [6, 6.07) is 4.17. The number of phenolic OH excluding ortho intramolecular Hbond substituents is 1. The molecule has 0 heterocycles. The SMILES string of the molecule is CNCCN(C)C(=O)CCc1cc(C(C)(C)C)cc(C(C)(C)C)c1O. The van der Waals surface area contributed by atoms with E-state index in [0.717, 1.165) is 17.7 Å². The fourth-order valence-electron chi connectivity index (χ4n) is 2.73. The molecular formula is C21H36N2O2. The molecule has 0 fully saturated rings. The highest BCUT2D eigenvalue weighted by Gasteiger charge is 2.25. The van der Waals surface area contributed by atoms with Crippen LogP contribution in [0, 0.1) is 0 Å². The molecule has 0 atom stereocenters. The molecule has 0 aromatic heterocycles. The Morgan fingerprint density at radius 2 is 1.72 bits per heavy atom. The molecule has 4 heteroatoms. The number of nitrogens with one attached hydrogen (secondary N) is 1. The Hall–Kier alpha value is -1.55. The van der Waals surface area contributed by atoms with E-state index in [2.05, 4.69) is 59.0 Å². The van der Waals surface area contributed by atoms with Gasteiger partial charge in [0.05, 0.1) is 0 Å². The van der Waals surface area contributed by atoms with Crippen molar-refractivity contribution < 1.29 is 9.90 Å². The van der Waals surface area contributed by atoms with Gasteiger partial charge in [-0.25, -0.2) is 0 Å². The van der Waals surface area contributed by atoms with Gasteiger partial charge in [-0.1, -0.05) is 53.7 Å². The summed E-state index contributed by atoms with van der Waals surface area (Å²) in [6.07, 6.45) is 0.965. The second-order valence-corrected chi connectivity index (χ2v) is 8.95. The molecule has 1 amide bonds. The molecule has 0 aliphatic carbocycles. The van der Waals surface area contributed by atoms with E-state index in [1.807, 2.05) is 14.1 Å². The van der Waals surface area contributed by atoms with E-state index in [-0.39, 0.29) is 16.7 Å². The fourth-order valence-corrected chi connectivity index (χ4v) is 2.73. The zero-order valence-electron chi connectivity index (χ0n) is 17.3. The molecule has 1 aromatic carbocycles. The average molecular weight is 349 g/mol. The third kappa shape index (κ3) is 6.03. The number of carbonyl (C=O) groups excluding carboxylic acids is 1. The van der Waals surface area contributed by atoms with E-state index in [4.69, 9.17) is 0 Å². The number of phenols is 1. The minimum absolute atomic E-state index is 0.00392. The number of aromatic hydroxyl groups is 1. The van der Waals surface area contributed by atoms with Crippen molar-refractivity contribution >= 4 is 5.91 Å². The van der Waals surface area contributed by atoms with Crippen molar-refractivity contribution in [2.45, 2.75) is 65.2 Å². The van der Waals surface area contributed by atoms with Gasteiger partial charge in [0.15, 0.2) is 0 Å². The Morgan fingerprint density at radius 3 is 2.20 bits per heavy atom. The van der Waals surface area contributed by atoms with Gasteiger partial charge in [-0.3, -0.25) is 4.79 Å². The van der Waals surface area contributed by atoms with Crippen molar-refractivity contribution in [2.75, 3.05) is 27.2 Å². The largest absolute Gasteiger partial charge is 0.507 e. The van der Waals surface area contributed by atoms with E-state index < -0.39 is 0 Å². The van der Waals surface area contributed by atoms with Crippen molar-refractivity contribution in [3.05, 3.63) is 28.8 Å². The summed E-state index contributed by atoms with van der Waals surface area (Å²) >= 11 is 0. The lowest BCUT2D eigenvalue weighted by Gasteiger charge is -2.27. The first-order valence-electron chi connectivity index (χ1n) is 9.13. The van der Waals surface area contributed by atoms with Crippen LogP contribution >= 0.6 is 0 Å². The van der Waals surface area contributed by atoms with Crippen molar-refractivity contribution in [3.63, 3.8) is 0 Å². The molecule has 0 spiro atoms. The van der Waals surface area contributed by atoms with Gasteiger partial charge < -0.3 is 15.3 Å². The molecule has 1 rings (SSSR count). The third-order valence-corrected chi connectivity index (χ3v) is 4.59. The van der Waals surface area contributed by atoms with E-state index in [1.165, 1.54) is 5.56 Å². The second-order valence-electron chi connectivity index (χ2n) is 8.95. The number of rotatable bonds is 6. The van der Waals surface area contributed by atoms with Crippen LogP contribution in [0.5, 0.6) is 5.75 Å². The third-order valence-electron chi connectivity index (χ3n) is 4.59. The Morgan fingerprint density at radius 1 is 1.12 bits per heavy atom. The monoisotopic (exact) mass is 348 g/mol. The maximum atomic E-state index is 12.3. The van der Waals surface area contributed by atoms with Crippen LogP contribution in [0.1, 0.15) is 64.7 Å². The molecule has 0 aliphatic heterocycles. The van der Waals surface area contributed by atoms with Gasteiger partial charge in [-0.15, -0.1) is 0 Å². The maximum absolute atomic E-state index is 12.3. The number of likely N-dealkylation sites (N-methyl/N-ethyl adjacent to an activating group) is 2. The molecule has 4 nitrogen and oxygen atoms in total. The Bertz CT molecular complexity index is 595. The Labute approximate surface area is 153 Å². The molecule has 25 heavy (non-hydrogen) atoms. The van der Waals surface area contributed by atoms with Crippen LogP contribution in [0.4, 0.5) is 0 Å². The number of hydrogen-bond acceptors (Lipinski definition) is 3. The van der Waals surface area contributed by atoms with E-state index in [9.17, 15) is 9.90 Å². The lowest BCUT2D eigenvalue weighted by Crippen LogP contribution is -2.32. The fraction of sp³-hybridized carbons (Fsp3) is 0.667. The summed E-state index contributed by atoms with van der Waals surface area (Å²) in [6.45, 7) is 14.3. The predicted octanol–water partition coefficient (Wildman–Crippen LogP) is 3.60. The lowest BCUT2D eigenvalue weighted by atomic mass is 9.78. The molecule has 0 aliphatic rings. The number of carbonyl (C=O) groups is 1. The number of nitrogens with zero attached hydrogens (tertiary/aromatic N) is 1. The van der Waals surface area contributed by atoms with Gasteiger partial charge in [0.1, 0.15) is 5.75 Å². The van der Waals surface area contributed by atoms with E-state index in [1.54, 1.807) is 4.90 Å². The zero-order chi connectivity index (χ0) is 19.4. The van der Waals surface area contributed by atoms with Crippen LogP contribution in [-0.2, 0) is 22.0 Å². The molecular weight excluding hydrogens is 312 g/mol. The van der Waals surface area contributed by atoms with Crippen LogP contribution in [0.3, 0.4) is 0 Å². The molecule has 0 radical (unpaired) electrons. The van der Waals surface area contributed by atoms with Crippen LogP contribution in [0.25, 0.3) is 0 Å².